The van der Waals surface area contributed by atoms with E-state index in [1.165, 1.54) is 17.0 Å². The van der Waals surface area contributed by atoms with Crippen molar-refractivity contribution in [3.05, 3.63) is 38.9 Å². The van der Waals surface area contributed by atoms with Crippen LogP contribution in [0.3, 0.4) is 0 Å². The van der Waals surface area contributed by atoms with Crippen molar-refractivity contribution in [2.45, 2.75) is 32.7 Å². The highest BCUT2D eigenvalue weighted by molar-refractivity contribution is 6.33. The Kier molecular flexibility index (Phi) is 5.30. The lowest BCUT2D eigenvalue weighted by Crippen LogP contribution is -2.35. The number of nitrogens with zero attached hydrogens (tertiary/aromatic N) is 2. The Balaban J connectivity index is 3.13. The van der Waals surface area contributed by atoms with E-state index < -0.39 is 4.92 Å². The molecule has 0 bridgehead atoms. The first kappa shape index (κ1) is 15.4. The van der Waals surface area contributed by atoms with Gasteiger partial charge in [0.1, 0.15) is 10.6 Å². The topological polar surface area (TPSA) is 63.5 Å². The molecule has 19 heavy (non-hydrogen) atoms. The Morgan fingerprint density at radius 1 is 1.53 bits per heavy atom. The first-order valence-corrected chi connectivity index (χ1v) is 6.48. The Morgan fingerprint density at radius 3 is 2.68 bits per heavy atom. The van der Waals surface area contributed by atoms with Gasteiger partial charge in [0.15, 0.2) is 0 Å². The lowest BCUT2D eigenvalue weighted by atomic mass is 10.1. The minimum atomic E-state index is -0.617. The fourth-order valence-corrected chi connectivity index (χ4v) is 2.12. The summed E-state index contributed by atoms with van der Waals surface area (Å²) in [5, 5.41) is 11.0. The van der Waals surface area contributed by atoms with Crippen molar-refractivity contribution in [2.24, 2.45) is 0 Å². The molecule has 6 heteroatoms. The normalized spacial score (nSPS) is 12.0. The van der Waals surface area contributed by atoms with E-state index in [4.69, 9.17) is 11.6 Å². The number of hydrogen-bond donors (Lipinski definition) is 0. The molecule has 1 amide bonds. The van der Waals surface area contributed by atoms with E-state index in [1.54, 1.807) is 13.1 Å². The monoisotopic (exact) mass is 284 g/mol. The van der Waals surface area contributed by atoms with Crippen LogP contribution >= 0.6 is 11.6 Å². The van der Waals surface area contributed by atoms with Gasteiger partial charge in [0.05, 0.1) is 4.92 Å². The average molecular weight is 285 g/mol. The Morgan fingerprint density at radius 2 is 2.16 bits per heavy atom. The fraction of sp³-hybridized carbons (Fsp3) is 0.462. The van der Waals surface area contributed by atoms with Crippen LogP contribution in [0.2, 0.25) is 5.02 Å². The third-order valence-corrected chi connectivity index (χ3v) is 3.39. The van der Waals surface area contributed by atoms with Crippen LogP contribution in [0.4, 0.5) is 5.69 Å². The van der Waals surface area contributed by atoms with Crippen LogP contribution in [0.1, 0.15) is 37.0 Å². The number of benzene rings is 1. The van der Waals surface area contributed by atoms with Crippen molar-refractivity contribution in [1.29, 1.82) is 0 Å². The second kappa shape index (κ2) is 6.52. The van der Waals surface area contributed by atoms with Crippen LogP contribution in [0.5, 0.6) is 0 Å². The average Bonchev–Trinajstić information content (AvgIpc) is 2.36. The van der Waals surface area contributed by atoms with Crippen molar-refractivity contribution in [2.75, 3.05) is 7.05 Å². The molecule has 0 spiro atoms. The summed E-state index contributed by atoms with van der Waals surface area (Å²) in [5.41, 5.74) is -0.298. The second-order valence-corrected chi connectivity index (χ2v) is 4.85. The number of nitro benzene ring substituents is 1. The summed E-state index contributed by atoms with van der Waals surface area (Å²) in [6.07, 6.45) is 1.78. The number of rotatable bonds is 5. The molecule has 104 valence electrons. The van der Waals surface area contributed by atoms with Gasteiger partial charge in [-0.3, -0.25) is 14.9 Å². The molecule has 0 saturated carbocycles. The predicted molar refractivity (Wildman–Crippen MR) is 74.6 cm³/mol. The molecule has 0 radical (unpaired) electrons. The van der Waals surface area contributed by atoms with E-state index in [0.717, 1.165) is 12.8 Å². The summed E-state index contributed by atoms with van der Waals surface area (Å²) in [6, 6.07) is 4.41. The first-order valence-electron chi connectivity index (χ1n) is 6.10. The largest absolute Gasteiger partial charge is 0.339 e. The quantitative estimate of drug-likeness (QED) is 0.614. The molecule has 1 aromatic rings. The van der Waals surface area contributed by atoms with Crippen LogP contribution in [0, 0.1) is 10.1 Å². The van der Waals surface area contributed by atoms with Gasteiger partial charge in [-0.15, -0.1) is 0 Å². The van der Waals surface area contributed by atoms with E-state index in [0.29, 0.717) is 0 Å². The fourth-order valence-electron chi connectivity index (χ4n) is 1.88. The predicted octanol–water partition coefficient (Wildman–Crippen LogP) is 3.51. The van der Waals surface area contributed by atoms with Gasteiger partial charge >= 0.3 is 5.69 Å². The van der Waals surface area contributed by atoms with Crippen molar-refractivity contribution in [3.63, 3.8) is 0 Å². The SMILES string of the molecule is CCCC(C)N(C)C(=O)c1cccc(Cl)c1[N+](=O)[O-]. The van der Waals surface area contributed by atoms with Gasteiger partial charge in [0.25, 0.3) is 5.91 Å². The zero-order valence-corrected chi connectivity index (χ0v) is 12.0. The standard InChI is InChI=1S/C13H17ClN2O3/c1-4-6-9(2)15(3)13(17)10-7-5-8-11(14)12(10)16(18)19/h5,7-9H,4,6H2,1-3H3. The second-order valence-electron chi connectivity index (χ2n) is 4.45. The molecule has 1 atom stereocenters. The highest BCUT2D eigenvalue weighted by Gasteiger charge is 2.27. The summed E-state index contributed by atoms with van der Waals surface area (Å²) in [4.78, 5) is 24.2. The van der Waals surface area contributed by atoms with Crippen molar-refractivity contribution >= 4 is 23.2 Å². The zero-order valence-electron chi connectivity index (χ0n) is 11.2. The summed E-state index contributed by atoms with van der Waals surface area (Å²) >= 11 is 5.80. The highest BCUT2D eigenvalue weighted by atomic mass is 35.5. The Hall–Kier alpha value is -1.62. The van der Waals surface area contributed by atoms with Crippen LogP contribution in [-0.2, 0) is 0 Å². The van der Waals surface area contributed by atoms with Gasteiger partial charge in [-0.05, 0) is 25.5 Å². The number of para-hydroxylation sites is 1. The third-order valence-electron chi connectivity index (χ3n) is 3.09. The molecule has 0 aliphatic heterocycles. The minimum absolute atomic E-state index is 0.0209. The van der Waals surface area contributed by atoms with Crippen LogP contribution in [0.15, 0.2) is 18.2 Å². The molecular formula is C13H17ClN2O3. The van der Waals surface area contributed by atoms with Crippen molar-refractivity contribution < 1.29 is 9.72 Å². The molecule has 0 heterocycles. The van der Waals surface area contributed by atoms with Gasteiger partial charge in [0, 0.05) is 13.1 Å². The van der Waals surface area contributed by atoms with Gasteiger partial charge in [0.2, 0.25) is 0 Å². The number of carbonyl (C=O) groups excluding carboxylic acids is 1. The first-order chi connectivity index (χ1) is 8.90. The maximum Gasteiger partial charge on any atom is 0.300 e. The molecule has 1 unspecified atom stereocenters. The lowest BCUT2D eigenvalue weighted by molar-refractivity contribution is -0.385. The maximum atomic E-state index is 12.3. The molecular weight excluding hydrogens is 268 g/mol. The highest BCUT2D eigenvalue weighted by Crippen LogP contribution is 2.29. The summed E-state index contributed by atoms with van der Waals surface area (Å²) < 4.78 is 0. The van der Waals surface area contributed by atoms with E-state index in [1.807, 2.05) is 13.8 Å². The number of nitro groups is 1. The maximum absolute atomic E-state index is 12.3. The zero-order chi connectivity index (χ0) is 14.6. The van der Waals surface area contributed by atoms with E-state index in [2.05, 4.69) is 0 Å². The van der Waals surface area contributed by atoms with Gasteiger partial charge in [-0.1, -0.05) is 31.0 Å². The van der Waals surface area contributed by atoms with Gasteiger partial charge in [-0.2, -0.15) is 0 Å². The molecule has 0 fully saturated rings. The summed E-state index contributed by atoms with van der Waals surface area (Å²) in [7, 11) is 1.65. The van der Waals surface area contributed by atoms with Gasteiger partial charge < -0.3 is 4.90 Å². The molecule has 0 aliphatic rings. The molecule has 5 nitrogen and oxygen atoms in total. The van der Waals surface area contributed by atoms with Crippen LogP contribution < -0.4 is 0 Å². The molecule has 0 N–H and O–H groups in total. The molecule has 0 saturated heterocycles. The Bertz CT molecular complexity index is 491. The van der Waals surface area contributed by atoms with E-state index >= 15 is 0 Å². The molecule has 1 rings (SSSR count). The number of carbonyl (C=O) groups is 1. The van der Waals surface area contributed by atoms with Crippen LogP contribution in [0.25, 0.3) is 0 Å². The van der Waals surface area contributed by atoms with Crippen molar-refractivity contribution in [1.82, 2.24) is 4.90 Å². The molecule has 1 aromatic carbocycles. The summed E-state index contributed by atoms with van der Waals surface area (Å²) in [5.74, 6) is -0.379. The van der Waals surface area contributed by atoms with Gasteiger partial charge in [-0.25, -0.2) is 0 Å². The van der Waals surface area contributed by atoms with E-state index in [9.17, 15) is 14.9 Å². The number of hydrogen-bond acceptors (Lipinski definition) is 3. The molecule has 0 aliphatic carbocycles. The van der Waals surface area contributed by atoms with E-state index in [-0.39, 0.29) is 28.2 Å². The number of amides is 1. The minimum Gasteiger partial charge on any atom is -0.339 e. The number of halogens is 1. The summed E-state index contributed by atoms with van der Waals surface area (Å²) in [6.45, 7) is 3.94. The smallest absolute Gasteiger partial charge is 0.300 e. The van der Waals surface area contributed by atoms with Crippen molar-refractivity contribution in [3.8, 4) is 0 Å². The molecule has 0 aromatic heterocycles. The Labute approximate surface area is 117 Å². The lowest BCUT2D eigenvalue weighted by Gasteiger charge is -2.24. The third kappa shape index (κ3) is 3.44. The van der Waals surface area contributed by atoms with Crippen LogP contribution in [-0.4, -0.2) is 28.8 Å².